The van der Waals surface area contributed by atoms with E-state index in [1.54, 1.807) is 0 Å². The fourth-order valence-corrected chi connectivity index (χ4v) is 2.72. The zero-order valence-corrected chi connectivity index (χ0v) is 11.6. The molecule has 0 aliphatic carbocycles. The molecular weight excluding hydrogens is 222 g/mol. The van der Waals surface area contributed by atoms with Gasteiger partial charge in [-0.2, -0.15) is 0 Å². The Morgan fingerprint density at radius 2 is 2.28 bits per heavy atom. The van der Waals surface area contributed by atoms with Crippen molar-refractivity contribution in [1.82, 2.24) is 4.98 Å². The van der Waals surface area contributed by atoms with Gasteiger partial charge in [0.25, 0.3) is 0 Å². The first kappa shape index (κ1) is 13.3. The van der Waals surface area contributed by atoms with Crippen LogP contribution >= 0.6 is 0 Å². The summed E-state index contributed by atoms with van der Waals surface area (Å²) in [6, 6.07) is 4.33. The van der Waals surface area contributed by atoms with Gasteiger partial charge in [-0.1, -0.05) is 20.3 Å². The van der Waals surface area contributed by atoms with E-state index >= 15 is 0 Å². The van der Waals surface area contributed by atoms with Crippen LogP contribution in [0.4, 0.5) is 5.69 Å². The summed E-state index contributed by atoms with van der Waals surface area (Å²) in [5.41, 5.74) is 8.24. The average molecular weight is 247 g/mol. The molecule has 1 aliphatic heterocycles. The minimum absolute atomic E-state index is 0.0745. The number of pyridine rings is 1. The zero-order chi connectivity index (χ0) is 13.0. The minimum Gasteiger partial charge on any atom is -0.370 e. The van der Waals surface area contributed by atoms with Gasteiger partial charge in [0.2, 0.25) is 0 Å². The quantitative estimate of drug-likeness (QED) is 0.869. The van der Waals surface area contributed by atoms with Crippen LogP contribution in [0.25, 0.3) is 0 Å². The Kier molecular flexibility index (Phi) is 4.59. The molecule has 2 N–H and O–H groups in total. The second kappa shape index (κ2) is 6.19. The molecule has 3 heteroatoms. The number of hydrogen-bond donors (Lipinski definition) is 1. The highest BCUT2D eigenvalue weighted by Crippen LogP contribution is 2.26. The summed E-state index contributed by atoms with van der Waals surface area (Å²) in [6.45, 7) is 6.72. The van der Waals surface area contributed by atoms with Gasteiger partial charge in [0.1, 0.15) is 0 Å². The molecule has 2 rings (SSSR count). The van der Waals surface area contributed by atoms with Crippen molar-refractivity contribution in [3.8, 4) is 0 Å². The van der Waals surface area contributed by atoms with Crippen molar-refractivity contribution in [3.05, 3.63) is 24.0 Å². The van der Waals surface area contributed by atoms with Crippen LogP contribution in [-0.4, -0.2) is 18.1 Å². The third-order valence-electron chi connectivity index (χ3n) is 3.94. The topological polar surface area (TPSA) is 42.1 Å². The lowest BCUT2D eigenvalue weighted by Gasteiger charge is -2.19. The van der Waals surface area contributed by atoms with Crippen LogP contribution in [-0.2, 0) is 0 Å². The largest absolute Gasteiger partial charge is 0.370 e. The van der Waals surface area contributed by atoms with Crippen LogP contribution in [0, 0.1) is 5.92 Å². The van der Waals surface area contributed by atoms with Gasteiger partial charge in [-0.25, -0.2) is 0 Å². The van der Waals surface area contributed by atoms with E-state index < -0.39 is 0 Å². The SMILES string of the molecule is CCCC1CCN(c2ccc([C@H](N)CC)nc2)C1. The first-order valence-corrected chi connectivity index (χ1v) is 7.21. The van der Waals surface area contributed by atoms with E-state index in [1.807, 2.05) is 6.20 Å². The summed E-state index contributed by atoms with van der Waals surface area (Å²) in [4.78, 5) is 6.95. The molecule has 18 heavy (non-hydrogen) atoms. The Morgan fingerprint density at radius 1 is 1.44 bits per heavy atom. The summed E-state index contributed by atoms with van der Waals surface area (Å²) in [5.74, 6) is 0.868. The Hall–Kier alpha value is -1.09. The summed E-state index contributed by atoms with van der Waals surface area (Å²) < 4.78 is 0. The number of anilines is 1. The third kappa shape index (κ3) is 3.02. The Morgan fingerprint density at radius 3 is 2.89 bits per heavy atom. The lowest BCUT2D eigenvalue weighted by molar-refractivity contribution is 0.530. The summed E-state index contributed by atoms with van der Waals surface area (Å²) >= 11 is 0. The molecular formula is C15H25N3. The third-order valence-corrected chi connectivity index (χ3v) is 3.94. The zero-order valence-electron chi connectivity index (χ0n) is 11.6. The van der Waals surface area contributed by atoms with Crippen LogP contribution in [0.3, 0.4) is 0 Å². The number of hydrogen-bond acceptors (Lipinski definition) is 3. The van der Waals surface area contributed by atoms with Gasteiger partial charge >= 0.3 is 0 Å². The predicted molar refractivity (Wildman–Crippen MR) is 76.7 cm³/mol. The average Bonchev–Trinajstić information content (AvgIpc) is 2.87. The van der Waals surface area contributed by atoms with E-state index in [0.717, 1.165) is 18.0 Å². The van der Waals surface area contributed by atoms with Crippen LogP contribution in [0.2, 0.25) is 0 Å². The van der Waals surface area contributed by atoms with Gasteiger partial charge in [-0.3, -0.25) is 4.98 Å². The molecule has 2 heterocycles. The van der Waals surface area contributed by atoms with Crippen LogP contribution in [0.1, 0.15) is 51.3 Å². The highest BCUT2D eigenvalue weighted by atomic mass is 15.2. The molecule has 1 aliphatic rings. The molecule has 0 aromatic carbocycles. The fraction of sp³-hybridized carbons (Fsp3) is 0.667. The smallest absolute Gasteiger partial charge is 0.0572 e. The number of rotatable bonds is 5. The minimum atomic E-state index is 0.0745. The summed E-state index contributed by atoms with van der Waals surface area (Å²) in [6.07, 6.45) is 6.89. The second-order valence-electron chi connectivity index (χ2n) is 5.35. The normalized spacial score (nSPS) is 21.3. The second-order valence-corrected chi connectivity index (χ2v) is 5.35. The van der Waals surface area contributed by atoms with Gasteiger partial charge in [0.15, 0.2) is 0 Å². The van der Waals surface area contributed by atoms with Crippen molar-refractivity contribution < 1.29 is 0 Å². The van der Waals surface area contributed by atoms with Crippen molar-refractivity contribution >= 4 is 5.69 Å². The number of nitrogens with zero attached hydrogens (tertiary/aromatic N) is 2. The van der Waals surface area contributed by atoms with Crippen LogP contribution in [0.15, 0.2) is 18.3 Å². The van der Waals surface area contributed by atoms with Crippen LogP contribution < -0.4 is 10.6 Å². The Bertz CT molecular complexity index is 361. The molecule has 1 fully saturated rings. The lowest BCUT2D eigenvalue weighted by atomic mass is 10.0. The molecule has 0 saturated carbocycles. The lowest BCUT2D eigenvalue weighted by Crippen LogP contribution is -2.20. The van der Waals surface area contributed by atoms with Crippen molar-refractivity contribution in [2.45, 2.75) is 45.6 Å². The van der Waals surface area contributed by atoms with Crippen molar-refractivity contribution in [3.63, 3.8) is 0 Å². The standard InChI is InChI=1S/C15H25N3/c1-3-5-12-8-9-18(11-12)13-6-7-15(17-10-13)14(16)4-2/h6-7,10,12,14H,3-5,8-9,11,16H2,1-2H3/t12?,14-/m1/s1. The molecule has 1 aromatic heterocycles. The number of nitrogens with two attached hydrogens (primary N) is 1. The highest BCUT2D eigenvalue weighted by Gasteiger charge is 2.22. The van der Waals surface area contributed by atoms with Crippen molar-refractivity contribution in [2.75, 3.05) is 18.0 Å². The van der Waals surface area contributed by atoms with Crippen molar-refractivity contribution in [2.24, 2.45) is 11.7 Å². The molecule has 2 atom stereocenters. The van der Waals surface area contributed by atoms with Gasteiger partial charge < -0.3 is 10.6 Å². The molecule has 3 nitrogen and oxygen atoms in total. The van der Waals surface area contributed by atoms with Gasteiger partial charge in [-0.15, -0.1) is 0 Å². The monoisotopic (exact) mass is 247 g/mol. The van der Waals surface area contributed by atoms with E-state index in [4.69, 9.17) is 5.73 Å². The fourth-order valence-electron chi connectivity index (χ4n) is 2.72. The summed E-state index contributed by atoms with van der Waals surface area (Å²) in [7, 11) is 0. The first-order chi connectivity index (χ1) is 8.74. The van der Waals surface area contributed by atoms with Crippen LogP contribution in [0.5, 0.6) is 0 Å². The molecule has 1 saturated heterocycles. The van der Waals surface area contributed by atoms with E-state index in [2.05, 4.69) is 35.9 Å². The highest BCUT2D eigenvalue weighted by molar-refractivity contribution is 5.45. The first-order valence-electron chi connectivity index (χ1n) is 7.21. The van der Waals surface area contributed by atoms with Gasteiger partial charge in [-0.05, 0) is 37.3 Å². The summed E-state index contributed by atoms with van der Waals surface area (Å²) in [5, 5.41) is 0. The Balaban J connectivity index is 1.98. The molecule has 0 radical (unpaired) electrons. The van der Waals surface area contributed by atoms with E-state index in [0.29, 0.717) is 0 Å². The van der Waals surface area contributed by atoms with Gasteiger partial charge in [0.05, 0.1) is 17.6 Å². The molecule has 1 aromatic rings. The van der Waals surface area contributed by atoms with E-state index in [9.17, 15) is 0 Å². The Labute approximate surface area is 110 Å². The maximum absolute atomic E-state index is 5.98. The number of aromatic nitrogens is 1. The maximum atomic E-state index is 5.98. The molecule has 0 amide bonds. The van der Waals surface area contributed by atoms with Crippen molar-refractivity contribution in [1.29, 1.82) is 0 Å². The molecule has 0 spiro atoms. The van der Waals surface area contributed by atoms with E-state index in [-0.39, 0.29) is 6.04 Å². The van der Waals surface area contributed by atoms with Gasteiger partial charge in [0, 0.05) is 19.1 Å². The molecule has 1 unspecified atom stereocenters. The molecule has 0 bridgehead atoms. The molecule has 100 valence electrons. The predicted octanol–water partition coefficient (Wildman–Crippen LogP) is 3.12. The maximum Gasteiger partial charge on any atom is 0.0572 e. The van der Waals surface area contributed by atoms with E-state index in [1.165, 1.54) is 38.0 Å².